The zero-order valence-electron chi connectivity index (χ0n) is 9.38. The minimum atomic E-state index is -0.478. The maximum atomic E-state index is 9.92. The third-order valence-electron chi connectivity index (χ3n) is 2.52. The summed E-state index contributed by atoms with van der Waals surface area (Å²) >= 11 is 5.62. The normalized spacial score (nSPS) is 12.6. The summed E-state index contributed by atoms with van der Waals surface area (Å²) in [5.74, 6) is 1.29. The first kappa shape index (κ1) is 12.3. The number of ether oxygens (including phenoxy) is 1. The fourth-order valence-corrected chi connectivity index (χ4v) is 2.03. The van der Waals surface area contributed by atoms with E-state index in [1.165, 1.54) is 0 Å². The molecular formula is C12H17ClO2. The van der Waals surface area contributed by atoms with Crippen LogP contribution in [0.2, 0.25) is 0 Å². The zero-order valence-corrected chi connectivity index (χ0v) is 10.1. The summed E-state index contributed by atoms with van der Waals surface area (Å²) < 4.78 is 5.16. The average molecular weight is 229 g/mol. The molecule has 0 radical (unpaired) electrons. The van der Waals surface area contributed by atoms with E-state index in [2.05, 4.69) is 0 Å². The molecule has 0 amide bonds. The van der Waals surface area contributed by atoms with Crippen molar-refractivity contribution >= 4 is 11.6 Å². The number of benzene rings is 1. The van der Waals surface area contributed by atoms with Crippen molar-refractivity contribution in [2.24, 2.45) is 0 Å². The molecule has 1 aromatic carbocycles. The second kappa shape index (κ2) is 5.38. The maximum Gasteiger partial charge on any atom is 0.119 e. The Kier molecular flexibility index (Phi) is 4.43. The second-order valence-electron chi connectivity index (χ2n) is 3.67. The summed E-state index contributed by atoms with van der Waals surface area (Å²) in [6.45, 7) is 3.95. The van der Waals surface area contributed by atoms with Crippen molar-refractivity contribution in [3.63, 3.8) is 0 Å². The van der Waals surface area contributed by atoms with Gasteiger partial charge in [0.05, 0.1) is 13.2 Å². The summed E-state index contributed by atoms with van der Waals surface area (Å²) in [5.41, 5.74) is 3.06. The van der Waals surface area contributed by atoms with Crippen LogP contribution in [0.1, 0.15) is 29.2 Å². The first-order valence-electron chi connectivity index (χ1n) is 4.99. The van der Waals surface area contributed by atoms with E-state index >= 15 is 0 Å². The van der Waals surface area contributed by atoms with Gasteiger partial charge < -0.3 is 9.84 Å². The molecule has 0 aliphatic rings. The molecule has 0 saturated heterocycles. The van der Waals surface area contributed by atoms with Gasteiger partial charge in [0.1, 0.15) is 5.75 Å². The minimum Gasteiger partial charge on any atom is -0.497 e. The molecule has 0 aliphatic heterocycles. The quantitative estimate of drug-likeness (QED) is 0.803. The van der Waals surface area contributed by atoms with E-state index in [0.717, 1.165) is 22.4 Å². The average Bonchev–Trinajstić information content (AvgIpc) is 2.16. The Morgan fingerprint density at radius 1 is 1.33 bits per heavy atom. The van der Waals surface area contributed by atoms with Crippen molar-refractivity contribution in [1.29, 1.82) is 0 Å². The highest BCUT2D eigenvalue weighted by atomic mass is 35.5. The molecule has 0 saturated carbocycles. The summed E-state index contributed by atoms with van der Waals surface area (Å²) in [6, 6.07) is 3.86. The molecule has 2 nitrogen and oxygen atoms in total. The van der Waals surface area contributed by atoms with E-state index < -0.39 is 6.10 Å². The molecule has 0 fully saturated rings. The predicted molar refractivity (Wildman–Crippen MR) is 62.8 cm³/mol. The van der Waals surface area contributed by atoms with Crippen LogP contribution in [0, 0.1) is 13.8 Å². The van der Waals surface area contributed by atoms with E-state index in [-0.39, 0.29) is 0 Å². The van der Waals surface area contributed by atoms with E-state index in [1.54, 1.807) is 7.11 Å². The molecule has 0 heterocycles. The third-order valence-corrected chi connectivity index (χ3v) is 2.74. The lowest BCUT2D eigenvalue weighted by Gasteiger charge is -2.16. The lowest BCUT2D eigenvalue weighted by molar-refractivity contribution is 0.173. The van der Waals surface area contributed by atoms with Crippen LogP contribution in [0.5, 0.6) is 5.75 Å². The Labute approximate surface area is 95.8 Å². The van der Waals surface area contributed by atoms with Crippen LogP contribution in [0.25, 0.3) is 0 Å². The minimum absolute atomic E-state index is 0.464. The standard InChI is InChI=1S/C12H17ClO2/c1-8-6-10(15-3)7-9(2)12(8)11(14)4-5-13/h6-7,11,14H,4-5H2,1-3H3. The van der Waals surface area contributed by atoms with Crippen LogP contribution in [0.3, 0.4) is 0 Å². The molecule has 0 aromatic heterocycles. The summed E-state index contributed by atoms with van der Waals surface area (Å²) in [7, 11) is 1.64. The first-order valence-corrected chi connectivity index (χ1v) is 5.52. The van der Waals surface area contributed by atoms with Crippen molar-refractivity contribution in [1.82, 2.24) is 0 Å². The number of aryl methyl sites for hydroxylation is 2. The molecule has 1 aromatic rings. The topological polar surface area (TPSA) is 29.5 Å². The van der Waals surface area contributed by atoms with Crippen LogP contribution in [-0.4, -0.2) is 18.1 Å². The molecule has 1 unspecified atom stereocenters. The van der Waals surface area contributed by atoms with E-state index in [4.69, 9.17) is 16.3 Å². The van der Waals surface area contributed by atoms with Gasteiger partial charge in [0.2, 0.25) is 0 Å². The number of hydrogen-bond acceptors (Lipinski definition) is 2. The summed E-state index contributed by atoms with van der Waals surface area (Å²) in [6.07, 6.45) is 0.101. The number of aliphatic hydroxyl groups is 1. The number of methoxy groups -OCH3 is 1. The largest absolute Gasteiger partial charge is 0.497 e. The molecule has 1 rings (SSSR count). The number of rotatable bonds is 4. The van der Waals surface area contributed by atoms with Gasteiger partial charge in [-0.05, 0) is 49.1 Å². The van der Waals surface area contributed by atoms with Crippen molar-refractivity contribution in [3.8, 4) is 5.75 Å². The van der Waals surface area contributed by atoms with Crippen LogP contribution in [-0.2, 0) is 0 Å². The fraction of sp³-hybridized carbons (Fsp3) is 0.500. The number of alkyl halides is 1. The Morgan fingerprint density at radius 3 is 2.27 bits per heavy atom. The van der Waals surface area contributed by atoms with Crippen LogP contribution in [0.15, 0.2) is 12.1 Å². The summed E-state index contributed by atoms with van der Waals surface area (Å²) in [4.78, 5) is 0. The van der Waals surface area contributed by atoms with Gasteiger partial charge >= 0.3 is 0 Å². The Bertz CT molecular complexity index is 313. The van der Waals surface area contributed by atoms with Crippen molar-refractivity contribution < 1.29 is 9.84 Å². The van der Waals surface area contributed by atoms with E-state index in [0.29, 0.717) is 12.3 Å². The Hall–Kier alpha value is -0.730. The van der Waals surface area contributed by atoms with Crippen LogP contribution < -0.4 is 4.74 Å². The summed E-state index contributed by atoms with van der Waals surface area (Å²) in [5, 5.41) is 9.92. The van der Waals surface area contributed by atoms with Gasteiger partial charge in [0.15, 0.2) is 0 Å². The Morgan fingerprint density at radius 2 is 1.87 bits per heavy atom. The maximum absolute atomic E-state index is 9.92. The van der Waals surface area contributed by atoms with Crippen molar-refractivity contribution in [3.05, 3.63) is 28.8 Å². The molecule has 1 atom stereocenters. The van der Waals surface area contributed by atoms with Gasteiger partial charge in [0.25, 0.3) is 0 Å². The molecule has 84 valence electrons. The molecule has 0 spiro atoms. The molecule has 0 bridgehead atoms. The molecular weight excluding hydrogens is 212 g/mol. The second-order valence-corrected chi connectivity index (χ2v) is 4.05. The van der Waals surface area contributed by atoms with Crippen molar-refractivity contribution in [2.45, 2.75) is 26.4 Å². The molecule has 3 heteroatoms. The highest BCUT2D eigenvalue weighted by Gasteiger charge is 2.13. The smallest absolute Gasteiger partial charge is 0.119 e. The zero-order chi connectivity index (χ0) is 11.4. The van der Waals surface area contributed by atoms with Crippen molar-refractivity contribution in [2.75, 3.05) is 13.0 Å². The van der Waals surface area contributed by atoms with Gasteiger partial charge in [-0.2, -0.15) is 0 Å². The van der Waals surface area contributed by atoms with Gasteiger partial charge in [-0.3, -0.25) is 0 Å². The predicted octanol–water partition coefficient (Wildman–Crippen LogP) is 2.97. The number of hydrogen-bond donors (Lipinski definition) is 1. The van der Waals surface area contributed by atoms with E-state index in [9.17, 15) is 5.11 Å². The molecule has 0 aliphatic carbocycles. The fourth-order valence-electron chi connectivity index (χ4n) is 1.83. The van der Waals surface area contributed by atoms with Crippen LogP contribution >= 0.6 is 11.6 Å². The van der Waals surface area contributed by atoms with Gasteiger partial charge in [-0.25, -0.2) is 0 Å². The SMILES string of the molecule is COc1cc(C)c(C(O)CCCl)c(C)c1. The van der Waals surface area contributed by atoms with Gasteiger partial charge in [-0.15, -0.1) is 11.6 Å². The highest BCUT2D eigenvalue weighted by Crippen LogP contribution is 2.28. The van der Waals surface area contributed by atoms with E-state index in [1.807, 2.05) is 26.0 Å². The lowest BCUT2D eigenvalue weighted by atomic mass is 9.96. The molecule has 15 heavy (non-hydrogen) atoms. The lowest BCUT2D eigenvalue weighted by Crippen LogP contribution is -2.04. The van der Waals surface area contributed by atoms with Gasteiger partial charge in [-0.1, -0.05) is 0 Å². The Balaban J connectivity index is 3.07. The monoisotopic (exact) mass is 228 g/mol. The van der Waals surface area contributed by atoms with Crippen LogP contribution in [0.4, 0.5) is 0 Å². The van der Waals surface area contributed by atoms with Gasteiger partial charge in [0, 0.05) is 5.88 Å². The number of aliphatic hydroxyl groups excluding tert-OH is 1. The molecule has 1 N–H and O–H groups in total. The third kappa shape index (κ3) is 2.86. The number of halogens is 1. The highest BCUT2D eigenvalue weighted by molar-refractivity contribution is 6.17. The first-order chi connectivity index (χ1) is 7.10.